The lowest BCUT2D eigenvalue weighted by Gasteiger charge is -2.31. The topological polar surface area (TPSA) is 85.2 Å². The van der Waals surface area contributed by atoms with Crippen LogP contribution in [-0.4, -0.2) is 53.0 Å². The first-order chi connectivity index (χ1) is 9.71. The van der Waals surface area contributed by atoms with Gasteiger partial charge in [-0.3, -0.25) is 0 Å². The summed E-state index contributed by atoms with van der Waals surface area (Å²) in [7, 11) is 0. The Kier molecular flexibility index (Phi) is 6.64. The fraction of sp³-hybridized carbons (Fsp3) is 0.800. The van der Waals surface area contributed by atoms with E-state index >= 15 is 0 Å². The molecule has 0 spiro atoms. The van der Waals surface area contributed by atoms with Crippen LogP contribution >= 0.6 is 0 Å². The second-order valence-electron chi connectivity index (χ2n) is 6.10. The van der Waals surface area contributed by atoms with Gasteiger partial charge in [-0.05, 0) is 33.8 Å². The van der Waals surface area contributed by atoms with E-state index in [0.717, 1.165) is 0 Å². The average Bonchev–Trinajstić information content (AvgIpc) is 2.32. The Labute approximate surface area is 125 Å². The molecule has 0 aromatic carbocycles. The third-order valence-corrected chi connectivity index (χ3v) is 2.95. The Morgan fingerprint density at radius 2 is 1.67 bits per heavy atom. The van der Waals surface area contributed by atoms with E-state index in [1.165, 1.54) is 0 Å². The highest BCUT2D eigenvalue weighted by Gasteiger charge is 2.29. The largest absolute Gasteiger partial charge is 0.508 e. The molecule has 2 N–H and O–H groups in total. The van der Waals surface area contributed by atoms with Crippen molar-refractivity contribution in [2.24, 2.45) is 0 Å². The van der Waals surface area contributed by atoms with Crippen LogP contribution in [0.15, 0.2) is 12.2 Å². The molecule has 6 nitrogen and oxygen atoms in total. The van der Waals surface area contributed by atoms with E-state index in [1.54, 1.807) is 19.1 Å². The van der Waals surface area contributed by atoms with E-state index < -0.39 is 24.5 Å². The summed E-state index contributed by atoms with van der Waals surface area (Å²) in [5, 5.41) is 19.9. The molecule has 0 aromatic rings. The molecular weight excluding hydrogens is 276 g/mol. The number of aliphatic hydroxyl groups is 2. The summed E-state index contributed by atoms with van der Waals surface area (Å²) < 4.78 is 15.6. The van der Waals surface area contributed by atoms with E-state index in [2.05, 4.69) is 0 Å². The third-order valence-electron chi connectivity index (χ3n) is 2.95. The minimum absolute atomic E-state index is 0.124. The van der Waals surface area contributed by atoms with Crippen molar-refractivity contribution in [1.82, 2.24) is 0 Å². The number of ether oxygens (including phenoxy) is 3. The third kappa shape index (κ3) is 6.93. The molecule has 0 bridgehead atoms. The summed E-state index contributed by atoms with van der Waals surface area (Å²) in [5.41, 5.74) is -0.379. The van der Waals surface area contributed by atoms with Gasteiger partial charge in [0.15, 0.2) is 0 Å². The Morgan fingerprint density at radius 3 is 2.19 bits per heavy atom. The monoisotopic (exact) mass is 302 g/mol. The molecule has 21 heavy (non-hydrogen) atoms. The van der Waals surface area contributed by atoms with Crippen LogP contribution in [0.5, 0.6) is 0 Å². The quantitative estimate of drug-likeness (QED) is 0.610. The SMILES string of the molecule is CCOC(=O)OC1/C=C/C(OC(C)(C)C)CC(O)C(O)C1. The molecule has 0 saturated heterocycles. The molecule has 4 unspecified atom stereocenters. The van der Waals surface area contributed by atoms with Gasteiger partial charge in [0.25, 0.3) is 0 Å². The van der Waals surface area contributed by atoms with Crippen LogP contribution in [0, 0.1) is 0 Å². The standard InChI is InChI=1S/C15H26O6/c1-5-19-14(18)20-10-6-7-11(21-15(2,3)4)9-13(17)12(16)8-10/h6-7,10-13,16-17H,5,8-9H2,1-4H3/b7-6+. The predicted octanol–water partition coefficient (Wildman–Crippen LogP) is 1.78. The van der Waals surface area contributed by atoms with Crippen molar-refractivity contribution < 1.29 is 29.2 Å². The molecule has 1 rings (SSSR count). The van der Waals surface area contributed by atoms with Crippen LogP contribution in [0.1, 0.15) is 40.5 Å². The van der Waals surface area contributed by atoms with Crippen LogP contribution in [0.3, 0.4) is 0 Å². The lowest BCUT2D eigenvalue weighted by molar-refractivity contribution is -0.0823. The maximum Gasteiger partial charge on any atom is 0.508 e. The van der Waals surface area contributed by atoms with E-state index in [1.807, 2.05) is 20.8 Å². The highest BCUT2D eigenvalue weighted by atomic mass is 16.7. The fourth-order valence-corrected chi connectivity index (χ4v) is 2.10. The molecular formula is C15H26O6. The van der Waals surface area contributed by atoms with Gasteiger partial charge >= 0.3 is 6.16 Å². The van der Waals surface area contributed by atoms with Crippen molar-refractivity contribution >= 4 is 6.16 Å². The van der Waals surface area contributed by atoms with Crippen LogP contribution in [0.4, 0.5) is 4.79 Å². The first-order valence-corrected chi connectivity index (χ1v) is 7.27. The molecule has 0 amide bonds. The van der Waals surface area contributed by atoms with Gasteiger partial charge < -0.3 is 24.4 Å². The molecule has 0 heterocycles. The highest BCUT2D eigenvalue weighted by Crippen LogP contribution is 2.22. The van der Waals surface area contributed by atoms with Crippen molar-refractivity contribution in [3.8, 4) is 0 Å². The van der Waals surface area contributed by atoms with E-state index in [0.29, 0.717) is 6.42 Å². The summed E-state index contributed by atoms with van der Waals surface area (Å²) in [4.78, 5) is 11.4. The fourth-order valence-electron chi connectivity index (χ4n) is 2.10. The van der Waals surface area contributed by atoms with Gasteiger partial charge in [0.1, 0.15) is 6.10 Å². The van der Waals surface area contributed by atoms with Crippen LogP contribution in [0.2, 0.25) is 0 Å². The van der Waals surface area contributed by atoms with E-state index in [-0.39, 0.29) is 24.7 Å². The smallest absolute Gasteiger partial charge is 0.435 e. The van der Waals surface area contributed by atoms with Crippen molar-refractivity contribution in [2.45, 2.75) is 70.6 Å². The molecule has 4 atom stereocenters. The second-order valence-corrected chi connectivity index (χ2v) is 6.10. The molecule has 1 aliphatic carbocycles. The zero-order valence-electron chi connectivity index (χ0n) is 13.1. The summed E-state index contributed by atoms with van der Waals surface area (Å²) in [6, 6.07) is 0. The second kappa shape index (κ2) is 7.77. The zero-order chi connectivity index (χ0) is 16.0. The molecule has 0 radical (unpaired) electrons. The van der Waals surface area contributed by atoms with Crippen molar-refractivity contribution in [3.63, 3.8) is 0 Å². The predicted molar refractivity (Wildman–Crippen MR) is 76.9 cm³/mol. The minimum Gasteiger partial charge on any atom is -0.435 e. The van der Waals surface area contributed by atoms with E-state index in [4.69, 9.17) is 14.2 Å². The zero-order valence-corrected chi connectivity index (χ0v) is 13.1. The number of hydrogen-bond acceptors (Lipinski definition) is 6. The Bertz CT molecular complexity index is 360. The number of aliphatic hydroxyl groups excluding tert-OH is 2. The highest BCUT2D eigenvalue weighted by molar-refractivity contribution is 5.60. The molecule has 0 aliphatic heterocycles. The van der Waals surface area contributed by atoms with Gasteiger partial charge in [0.05, 0.1) is 30.5 Å². The van der Waals surface area contributed by atoms with Gasteiger partial charge in [-0.15, -0.1) is 0 Å². The minimum atomic E-state index is -0.986. The lowest BCUT2D eigenvalue weighted by Crippen LogP contribution is -2.38. The molecule has 0 fully saturated rings. The number of carbonyl (C=O) groups is 1. The van der Waals surface area contributed by atoms with E-state index in [9.17, 15) is 15.0 Å². The number of rotatable bonds is 3. The Balaban J connectivity index is 2.75. The Hall–Kier alpha value is -1.11. The van der Waals surface area contributed by atoms with Gasteiger partial charge in [0, 0.05) is 12.8 Å². The molecule has 6 heteroatoms. The van der Waals surface area contributed by atoms with Crippen LogP contribution in [-0.2, 0) is 14.2 Å². The normalized spacial score (nSPS) is 31.9. The maximum atomic E-state index is 11.4. The summed E-state index contributed by atoms with van der Waals surface area (Å²) >= 11 is 0. The number of carbonyl (C=O) groups excluding carboxylic acids is 1. The summed E-state index contributed by atoms with van der Waals surface area (Å²) in [6.07, 6.45) is 0.119. The lowest BCUT2D eigenvalue weighted by atomic mass is 9.96. The number of hydrogen-bond donors (Lipinski definition) is 2. The van der Waals surface area contributed by atoms with Crippen LogP contribution in [0.25, 0.3) is 0 Å². The van der Waals surface area contributed by atoms with Gasteiger partial charge in [-0.25, -0.2) is 4.79 Å². The average molecular weight is 302 g/mol. The van der Waals surface area contributed by atoms with Gasteiger partial charge in [-0.1, -0.05) is 6.08 Å². The molecule has 122 valence electrons. The first kappa shape index (κ1) is 17.9. The summed E-state index contributed by atoms with van der Waals surface area (Å²) in [5.74, 6) is 0. The first-order valence-electron chi connectivity index (χ1n) is 7.27. The maximum absolute atomic E-state index is 11.4. The Morgan fingerprint density at radius 1 is 1.14 bits per heavy atom. The van der Waals surface area contributed by atoms with Crippen molar-refractivity contribution in [2.75, 3.05) is 6.61 Å². The van der Waals surface area contributed by atoms with Crippen molar-refractivity contribution in [1.29, 1.82) is 0 Å². The van der Waals surface area contributed by atoms with Crippen molar-refractivity contribution in [3.05, 3.63) is 12.2 Å². The van der Waals surface area contributed by atoms with Gasteiger partial charge in [0.2, 0.25) is 0 Å². The molecule has 0 aromatic heterocycles. The molecule has 1 aliphatic rings. The van der Waals surface area contributed by atoms with Crippen LogP contribution < -0.4 is 0 Å². The summed E-state index contributed by atoms with van der Waals surface area (Å²) in [6.45, 7) is 7.64. The van der Waals surface area contributed by atoms with Gasteiger partial charge in [-0.2, -0.15) is 0 Å². The molecule has 0 saturated carbocycles.